The third kappa shape index (κ3) is 5.95. The van der Waals surface area contributed by atoms with E-state index in [1.807, 2.05) is 18.7 Å². The third-order valence-electron chi connectivity index (χ3n) is 4.73. The molecule has 1 saturated heterocycles. The average Bonchev–Trinajstić information content (AvgIpc) is 3.21. The lowest BCUT2D eigenvalue weighted by Crippen LogP contribution is -2.36. The van der Waals surface area contributed by atoms with E-state index in [9.17, 15) is 4.79 Å². The van der Waals surface area contributed by atoms with Gasteiger partial charge in [0.15, 0.2) is 5.96 Å². The Labute approximate surface area is 183 Å². The summed E-state index contributed by atoms with van der Waals surface area (Å²) in [6, 6.07) is 8.32. The summed E-state index contributed by atoms with van der Waals surface area (Å²) in [5.41, 5.74) is 3.22. The molecule has 1 aliphatic rings. The van der Waals surface area contributed by atoms with Crippen molar-refractivity contribution < 1.29 is 9.21 Å². The molecule has 0 radical (unpaired) electrons. The predicted octanol–water partition coefficient (Wildman–Crippen LogP) is 2.90. The molecule has 0 atom stereocenters. The summed E-state index contributed by atoms with van der Waals surface area (Å²) in [5, 5.41) is 6.48. The summed E-state index contributed by atoms with van der Waals surface area (Å²) in [7, 11) is 1.73. The van der Waals surface area contributed by atoms with Crippen molar-refractivity contribution in [1.82, 2.24) is 20.5 Å². The van der Waals surface area contributed by atoms with Gasteiger partial charge in [0, 0.05) is 33.1 Å². The lowest BCUT2D eigenvalue weighted by molar-refractivity contribution is -0.128. The number of halogens is 1. The molecule has 28 heavy (non-hydrogen) atoms. The van der Waals surface area contributed by atoms with Crippen LogP contribution >= 0.6 is 24.0 Å². The Bertz CT molecular complexity index is 797. The summed E-state index contributed by atoms with van der Waals surface area (Å²) in [5.74, 6) is 2.43. The summed E-state index contributed by atoms with van der Waals surface area (Å²) in [6.45, 7) is 6.54. The van der Waals surface area contributed by atoms with Gasteiger partial charge in [-0.15, -0.1) is 24.0 Å². The molecule has 1 amide bonds. The number of oxazole rings is 1. The maximum Gasteiger partial charge on any atom is 0.222 e. The molecule has 3 rings (SSSR count). The van der Waals surface area contributed by atoms with Crippen molar-refractivity contribution >= 4 is 35.8 Å². The quantitative estimate of drug-likeness (QED) is 0.365. The maximum absolute atomic E-state index is 11.7. The van der Waals surface area contributed by atoms with Crippen molar-refractivity contribution in [2.24, 2.45) is 4.99 Å². The van der Waals surface area contributed by atoms with Crippen LogP contribution in [-0.2, 0) is 24.4 Å². The highest BCUT2D eigenvalue weighted by atomic mass is 127. The largest absolute Gasteiger partial charge is 0.444 e. The molecule has 1 aromatic carbocycles. The zero-order chi connectivity index (χ0) is 19.2. The number of aromatic nitrogens is 1. The molecule has 7 nitrogen and oxygen atoms in total. The number of nitrogens with one attached hydrogen (secondary N) is 2. The van der Waals surface area contributed by atoms with Gasteiger partial charge >= 0.3 is 0 Å². The van der Waals surface area contributed by atoms with E-state index in [2.05, 4.69) is 44.9 Å². The Morgan fingerprint density at radius 3 is 2.43 bits per heavy atom. The number of likely N-dealkylation sites (tertiary alicyclic amines) is 1. The highest BCUT2D eigenvalue weighted by Crippen LogP contribution is 2.14. The van der Waals surface area contributed by atoms with Gasteiger partial charge in [0.2, 0.25) is 11.8 Å². The lowest BCUT2D eigenvalue weighted by Gasteiger charge is -2.16. The highest BCUT2D eigenvalue weighted by molar-refractivity contribution is 14.0. The number of aryl methyl sites for hydroxylation is 2. The molecule has 8 heteroatoms. The van der Waals surface area contributed by atoms with Crippen molar-refractivity contribution in [3.63, 3.8) is 0 Å². The fraction of sp³-hybridized carbons (Fsp3) is 0.450. The van der Waals surface area contributed by atoms with Gasteiger partial charge < -0.3 is 20.0 Å². The van der Waals surface area contributed by atoms with Crippen LogP contribution in [0.15, 0.2) is 33.7 Å². The maximum atomic E-state index is 11.7. The molecule has 0 saturated carbocycles. The molecule has 152 valence electrons. The van der Waals surface area contributed by atoms with Crippen LogP contribution in [0.3, 0.4) is 0 Å². The van der Waals surface area contributed by atoms with Crippen molar-refractivity contribution in [2.75, 3.05) is 13.6 Å². The number of benzene rings is 1. The molecular formula is C20H28IN5O2. The minimum Gasteiger partial charge on any atom is -0.444 e. The molecule has 0 aliphatic carbocycles. The molecule has 1 aliphatic heterocycles. The van der Waals surface area contributed by atoms with Crippen molar-refractivity contribution in [3.8, 4) is 0 Å². The Hall–Kier alpha value is -2.10. The van der Waals surface area contributed by atoms with Crippen LogP contribution in [0, 0.1) is 13.8 Å². The SMILES string of the molecule is CN=C(NCc1ccc(CN2CCCC2=O)cc1)NCc1nc(C)c(C)o1.I. The fourth-order valence-corrected chi connectivity index (χ4v) is 3.03. The van der Waals surface area contributed by atoms with Crippen LogP contribution < -0.4 is 10.6 Å². The van der Waals surface area contributed by atoms with E-state index in [0.717, 1.165) is 35.5 Å². The minimum absolute atomic E-state index is 0. The van der Waals surface area contributed by atoms with Gasteiger partial charge in [0.05, 0.1) is 12.2 Å². The van der Waals surface area contributed by atoms with Gasteiger partial charge in [-0.05, 0) is 31.4 Å². The second-order valence-electron chi connectivity index (χ2n) is 6.76. The minimum atomic E-state index is 0. The molecule has 0 unspecified atom stereocenters. The zero-order valence-corrected chi connectivity index (χ0v) is 18.9. The van der Waals surface area contributed by atoms with Crippen LogP contribution in [0.1, 0.15) is 41.3 Å². The standard InChI is InChI=1S/C20H27N5O2.HI/c1-14-15(2)27-18(24-14)12-23-20(21-3)22-11-16-6-8-17(9-7-16)13-25-10-4-5-19(25)26;/h6-9H,4-5,10-13H2,1-3H3,(H2,21,22,23);1H. The second-order valence-corrected chi connectivity index (χ2v) is 6.76. The Morgan fingerprint density at radius 1 is 1.18 bits per heavy atom. The fourth-order valence-electron chi connectivity index (χ4n) is 3.03. The monoisotopic (exact) mass is 497 g/mol. The molecule has 2 N–H and O–H groups in total. The van der Waals surface area contributed by atoms with E-state index in [0.29, 0.717) is 37.9 Å². The first-order chi connectivity index (χ1) is 13.0. The molecule has 2 aromatic rings. The molecule has 0 bridgehead atoms. The van der Waals surface area contributed by atoms with Crippen LogP contribution in [0.4, 0.5) is 0 Å². The molecule has 2 heterocycles. The zero-order valence-electron chi connectivity index (χ0n) is 16.6. The number of guanidine groups is 1. The lowest BCUT2D eigenvalue weighted by atomic mass is 10.1. The van der Waals surface area contributed by atoms with E-state index < -0.39 is 0 Å². The number of rotatable bonds is 6. The first kappa shape index (κ1) is 22.2. The Morgan fingerprint density at radius 2 is 1.86 bits per heavy atom. The molecule has 1 fully saturated rings. The van der Waals surface area contributed by atoms with Gasteiger partial charge in [0.25, 0.3) is 0 Å². The van der Waals surface area contributed by atoms with Gasteiger partial charge in [0.1, 0.15) is 5.76 Å². The van der Waals surface area contributed by atoms with Crippen LogP contribution in [0.25, 0.3) is 0 Å². The number of carbonyl (C=O) groups is 1. The number of nitrogens with zero attached hydrogens (tertiary/aromatic N) is 3. The summed E-state index contributed by atoms with van der Waals surface area (Å²) in [6.07, 6.45) is 1.65. The number of hydrogen-bond acceptors (Lipinski definition) is 4. The number of carbonyl (C=O) groups excluding carboxylic acids is 1. The summed E-state index contributed by atoms with van der Waals surface area (Å²) in [4.78, 5) is 22.2. The molecular weight excluding hydrogens is 469 g/mol. The van der Waals surface area contributed by atoms with Crippen molar-refractivity contribution in [1.29, 1.82) is 0 Å². The number of hydrogen-bond donors (Lipinski definition) is 2. The molecule has 1 aromatic heterocycles. The van der Waals surface area contributed by atoms with E-state index in [1.54, 1.807) is 7.05 Å². The normalized spacial score (nSPS) is 14.2. The van der Waals surface area contributed by atoms with Gasteiger partial charge in [-0.1, -0.05) is 24.3 Å². The Balaban J connectivity index is 0.00000280. The topological polar surface area (TPSA) is 82.8 Å². The predicted molar refractivity (Wildman–Crippen MR) is 120 cm³/mol. The van der Waals surface area contributed by atoms with Crippen LogP contribution in [0.2, 0.25) is 0 Å². The number of aliphatic imine (C=N–C) groups is 1. The van der Waals surface area contributed by atoms with Crippen molar-refractivity contribution in [2.45, 2.75) is 46.3 Å². The van der Waals surface area contributed by atoms with E-state index in [1.165, 1.54) is 0 Å². The first-order valence-electron chi connectivity index (χ1n) is 9.28. The van der Waals surface area contributed by atoms with E-state index >= 15 is 0 Å². The number of amides is 1. The molecule has 0 spiro atoms. The van der Waals surface area contributed by atoms with Crippen LogP contribution in [-0.4, -0.2) is 35.3 Å². The van der Waals surface area contributed by atoms with E-state index in [4.69, 9.17) is 4.42 Å². The van der Waals surface area contributed by atoms with Crippen molar-refractivity contribution in [3.05, 3.63) is 52.7 Å². The van der Waals surface area contributed by atoms with Gasteiger partial charge in [-0.25, -0.2) is 4.98 Å². The van der Waals surface area contributed by atoms with Gasteiger partial charge in [-0.3, -0.25) is 9.79 Å². The van der Waals surface area contributed by atoms with Crippen LogP contribution in [0.5, 0.6) is 0 Å². The first-order valence-corrected chi connectivity index (χ1v) is 9.28. The van der Waals surface area contributed by atoms with Gasteiger partial charge in [-0.2, -0.15) is 0 Å². The Kier molecular flexibility index (Phi) is 8.28. The van der Waals surface area contributed by atoms with E-state index in [-0.39, 0.29) is 29.9 Å². The average molecular weight is 497 g/mol. The summed E-state index contributed by atoms with van der Waals surface area (Å²) >= 11 is 0. The smallest absolute Gasteiger partial charge is 0.222 e. The highest BCUT2D eigenvalue weighted by Gasteiger charge is 2.19. The second kappa shape index (κ2) is 10.4. The summed E-state index contributed by atoms with van der Waals surface area (Å²) < 4.78 is 5.56. The third-order valence-corrected chi connectivity index (χ3v) is 4.73.